The number of nitrogens with zero attached hydrogens (tertiary/aromatic N) is 2. The molecule has 3 heteroatoms. The predicted molar refractivity (Wildman–Crippen MR) is 112 cm³/mol. The fraction of sp³-hybridized carbons (Fsp3) is 0.0800. The molecule has 1 atom stereocenters. The largest absolute Gasteiger partial charge is 0.464 e. The van der Waals surface area contributed by atoms with E-state index in [1.165, 1.54) is 0 Å². The van der Waals surface area contributed by atoms with Crippen molar-refractivity contribution in [2.45, 2.75) is 13.2 Å². The zero-order chi connectivity index (χ0) is 18.9. The summed E-state index contributed by atoms with van der Waals surface area (Å²) in [5.41, 5.74) is 6.42. The molecule has 0 saturated heterocycles. The van der Waals surface area contributed by atoms with Crippen LogP contribution in [-0.4, -0.2) is 9.78 Å². The van der Waals surface area contributed by atoms with E-state index >= 15 is 0 Å². The zero-order valence-corrected chi connectivity index (χ0v) is 15.6. The van der Waals surface area contributed by atoms with E-state index in [2.05, 4.69) is 60.7 Å². The van der Waals surface area contributed by atoms with Gasteiger partial charge in [0.05, 0.1) is 11.4 Å². The highest BCUT2D eigenvalue weighted by atomic mass is 16.5. The highest BCUT2D eigenvalue weighted by molar-refractivity contribution is 5.86. The van der Waals surface area contributed by atoms with Crippen molar-refractivity contribution in [3.63, 3.8) is 0 Å². The van der Waals surface area contributed by atoms with Crippen LogP contribution < -0.4 is 0 Å². The molecule has 5 rings (SSSR count). The van der Waals surface area contributed by atoms with E-state index in [4.69, 9.17) is 9.84 Å². The van der Waals surface area contributed by atoms with E-state index in [-0.39, 0.29) is 6.23 Å². The molecular formula is C25H20N2O. The van der Waals surface area contributed by atoms with Crippen LogP contribution in [-0.2, 0) is 4.74 Å². The standard InChI is InChI=1S/C25H20N2O/c1-18-16-23-21-14-8-9-15-22(21)24(17-19-10-4-2-5-11-19)28-25(27(23)26-18)20-12-6-3-7-13-20/h2-17,25H,1H3/b24-17-. The Kier molecular flexibility index (Phi) is 4.06. The maximum atomic E-state index is 6.63. The van der Waals surface area contributed by atoms with Crippen molar-refractivity contribution < 1.29 is 4.74 Å². The summed E-state index contributed by atoms with van der Waals surface area (Å²) in [6.45, 7) is 2.02. The molecule has 136 valence electrons. The van der Waals surface area contributed by atoms with Gasteiger partial charge in [-0.2, -0.15) is 5.10 Å². The van der Waals surface area contributed by atoms with Gasteiger partial charge in [-0.3, -0.25) is 0 Å². The first kappa shape index (κ1) is 16.6. The molecule has 1 aliphatic heterocycles. The molecule has 1 aliphatic rings. The van der Waals surface area contributed by atoms with Crippen molar-refractivity contribution >= 4 is 11.8 Å². The van der Waals surface area contributed by atoms with Gasteiger partial charge < -0.3 is 4.74 Å². The molecule has 4 aromatic rings. The van der Waals surface area contributed by atoms with Crippen molar-refractivity contribution in [3.05, 3.63) is 113 Å². The zero-order valence-electron chi connectivity index (χ0n) is 15.6. The minimum atomic E-state index is -0.327. The Morgan fingerprint density at radius 1 is 0.821 bits per heavy atom. The second kappa shape index (κ2) is 6.86. The van der Waals surface area contributed by atoms with Gasteiger partial charge in [-0.1, -0.05) is 84.9 Å². The van der Waals surface area contributed by atoms with Crippen LogP contribution in [0.3, 0.4) is 0 Å². The van der Waals surface area contributed by atoms with E-state index in [0.717, 1.165) is 39.4 Å². The van der Waals surface area contributed by atoms with Crippen LogP contribution in [0, 0.1) is 6.92 Å². The molecule has 0 fully saturated rings. The lowest BCUT2D eigenvalue weighted by atomic mass is 10.0. The first-order valence-corrected chi connectivity index (χ1v) is 9.44. The lowest BCUT2D eigenvalue weighted by Crippen LogP contribution is -2.14. The first-order chi connectivity index (χ1) is 13.8. The Bertz CT molecular complexity index is 1140. The molecule has 28 heavy (non-hydrogen) atoms. The Balaban J connectivity index is 1.75. The van der Waals surface area contributed by atoms with Gasteiger partial charge in [0.1, 0.15) is 5.76 Å². The van der Waals surface area contributed by atoms with Crippen molar-refractivity contribution in [2.75, 3.05) is 0 Å². The quantitative estimate of drug-likeness (QED) is 0.440. The third-order valence-electron chi connectivity index (χ3n) is 4.97. The summed E-state index contributed by atoms with van der Waals surface area (Å²) in [4.78, 5) is 0. The molecule has 0 aliphatic carbocycles. The summed E-state index contributed by atoms with van der Waals surface area (Å²) in [5, 5.41) is 4.77. The van der Waals surface area contributed by atoms with Crippen molar-refractivity contribution in [2.24, 2.45) is 0 Å². The van der Waals surface area contributed by atoms with Crippen LogP contribution in [0.2, 0.25) is 0 Å². The van der Waals surface area contributed by atoms with E-state index in [0.29, 0.717) is 0 Å². The molecule has 0 spiro atoms. The number of hydrogen-bond acceptors (Lipinski definition) is 2. The van der Waals surface area contributed by atoms with Crippen LogP contribution in [0.1, 0.15) is 28.6 Å². The van der Waals surface area contributed by atoms with Gasteiger partial charge in [-0.05, 0) is 24.6 Å². The number of rotatable bonds is 2. The molecule has 3 nitrogen and oxygen atoms in total. The molecule has 2 heterocycles. The molecule has 1 aromatic heterocycles. The summed E-state index contributed by atoms with van der Waals surface area (Å²) in [6, 6.07) is 31.0. The SMILES string of the molecule is Cc1cc2n(n1)C(c1ccccc1)O/C(=C\c1ccccc1)c1ccccc1-2. The lowest BCUT2D eigenvalue weighted by molar-refractivity contribution is 0.131. The Morgan fingerprint density at radius 3 is 2.21 bits per heavy atom. The maximum absolute atomic E-state index is 6.63. The molecule has 0 radical (unpaired) electrons. The minimum Gasteiger partial charge on any atom is -0.464 e. The second-order valence-corrected chi connectivity index (χ2v) is 6.96. The first-order valence-electron chi connectivity index (χ1n) is 9.44. The normalized spacial score (nSPS) is 16.8. The third kappa shape index (κ3) is 2.91. The van der Waals surface area contributed by atoms with Crippen LogP contribution >= 0.6 is 0 Å². The van der Waals surface area contributed by atoms with Gasteiger partial charge in [-0.15, -0.1) is 0 Å². The molecule has 0 N–H and O–H groups in total. The van der Waals surface area contributed by atoms with Crippen LogP contribution in [0.25, 0.3) is 23.1 Å². The maximum Gasteiger partial charge on any atom is 0.218 e. The fourth-order valence-electron chi connectivity index (χ4n) is 3.69. The minimum absolute atomic E-state index is 0.327. The van der Waals surface area contributed by atoms with Gasteiger partial charge in [0, 0.05) is 16.7 Å². The van der Waals surface area contributed by atoms with Gasteiger partial charge >= 0.3 is 0 Å². The topological polar surface area (TPSA) is 27.1 Å². The Labute approximate surface area is 164 Å². The second-order valence-electron chi connectivity index (χ2n) is 6.96. The number of fused-ring (bicyclic) bond motifs is 3. The highest BCUT2D eigenvalue weighted by Gasteiger charge is 2.28. The van der Waals surface area contributed by atoms with Gasteiger partial charge in [0.2, 0.25) is 6.23 Å². The number of aromatic nitrogens is 2. The van der Waals surface area contributed by atoms with Gasteiger partial charge in [0.25, 0.3) is 0 Å². The monoisotopic (exact) mass is 364 g/mol. The number of aryl methyl sites for hydroxylation is 1. The summed E-state index contributed by atoms with van der Waals surface area (Å²) in [6.07, 6.45) is 1.78. The van der Waals surface area contributed by atoms with Crippen LogP contribution in [0.5, 0.6) is 0 Å². The van der Waals surface area contributed by atoms with Crippen molar-refractivity contribution in [3.8, 4) is 11.3 Å². The predicted octanol–water partition coefficient (Wildman–Crippen LogP) is 5.93. The van der Waals surface area contributed by atoms with Crippen molar-refractivity contribution in [1.82, 2.24) is 9.78 Å². The summed E-state index contributed by atoms with van der Waals surface area (Å²) in [5.74, 6) is 0.846. The summed E-state index contributed by atoms with van der Waals surface area (Å²) in [7, 11) is 0. The molecule has 1 unspecified atom stereocenters. The summed E-state index contributed by atoms with van der Waals surface area (Å²) >= 11 is 0. The number of ether oxygens (including phenoxy) is 1. The molecule has 3 aromatic carbocycles. The smallest absolute Gasteiger partial charge is 0.218 e. The van der Waals surface area contributed by atoms with Crippen molar-refractivity contribution in [1.29, 1.82) is 0 Å². The number of benzene rings is 3. The molecular weight excluding hydrogens is 344 g/mol. The Hall–Kier alpha value is -3.59. The third-order valence-corrected chi connectivity index (χ3v) is 4.97. The van der Waals surface area contributed by atoms with E-state index < -0.39 is 0 Å². The molecule has 0 bridgehead atoms. The van der Waals surface area contributed by atoms with Gasteiger partial charge in [0.15, 0.2) is 0 Å². The highest BCUT2D eigenvalue weighted by Crippen LogP contribution is 2.40. The van der Waals surface area contributed by atoms with Crippen LogP contribution in [0.15, 0.2) is 91.0 Å². The average molecular weight is 364 g/mol. The van der Waals surface area contributed by atoms with E-state index in [1.807, 2.05) is 48.0 Å². The number of hydrogen-bond donors (Lipinski definition) is 0. The Morgan fingerprint density at radius 2 is 1.46 bits per heavy atom. The lowest BCUT2D eigenvalue weighted by Gasteiger charge is -2.20. The van der Waals surface area contributed by atoms with Crippen LogP contribution in [0.4, 0.5) is 0 Å². The van der Waals surface area contributed by atoms with Gasteiger partial charge in [-0.25, -0.2) is 4.68 Å². The van der Waals surface area contributed by atoms with E-state index in [9.17, 15) is 0 Å². The van der Waals surface area contributed by atoms with E-state index in [1.54, 1.807) is 0 Å². The fourth-order valence-corrected chi connectivity index (χ4v) is 3.69. The average Bonchev–Trinajstić information content (AvgIpc) is 3.08. The molecule has 0 amide bonds. The molecule has 0 saturated carbocycles. The summed E-state index contributed by atoms with van der Waals surface area (Å²) < 4.78 is 8.62.